The summed E-state index contributed by atoms with van der Waals surface area (Å²) in [5.74, 6) is 1.56. The minimum absolute atomic E-state index is 0.647. The van der Waals surface area contributed by atoms with Gasteiger partial charge in [-0.1, -0.05) is 0 Å². The maximum Gasteiger partial charge on any atom is 0.103 e. The van der Waals surface area contributed by atoms with Crippen molar-refractivity contribution in [1.29, 1.82) is 0 Å². The Morgan fingerprint density at radius 1 is 1.00 bits per heavy atom. The summed E-state index contributed by atoms with van der Waals surface area (Å²) in [6.45, 7) is 7.12. The monoisotopic (exact) mass is 208 g/mol. The predicted molar refractivity (Wildman–Crippen MR) is 64.6 cm³/mol. The van der Waals surface area contributed by atoms with Gasteiger partial charge >= 0.3 is 0 Å². The van der Waals surface area contributed by atoms with Crippen LogP contribution in [0.3, 0.4) is 0 Å². The molecular formula is C13H24N2. The fourth-order valence-corrected chi connectivity index (χ4v) is 2.91. The van der Waals surface area contributed by atoms with E-state index in [4.69, 9.17) is 0 Å². The van der Waals surface area contributed by atoms with Crippen molar-refractivity contribution < 1.29 is 0 Å². The molecule has 0 radical (unpaired) electrons. The highest BCUT2D eigenvalue weighted by Crippen LogP contribution is 2.31. The van der Waals surface area contributed by atoms with Crippen LogP contribution >= 0.6 is 0 Å². The van der Waals surface area contributed by atoms with Crippen LogP contribution in [-0.2, 0) is 0 Å². The Labute approximate surface area is 93.9 Å². The normalized spacial score (nSPS) is 23.2. The highest BCUT2D eigenvalue weighted by molar-refractivity contribution is 5.17. The molecule has 0 spiro atoms. The summed E-state index contributed by atoms with van der Waals surface area (Å²) in [5.41, 5.74) is 1.72. The predicted octanol–water partition coefficient (Wildman–Crippen LogP) is 2.82. The van der Waals surface area contributed by atoms with Crippen molar-refractivity contribution in [2.75, 3.05) is 20.1 Å². The lowest BCUT2D eigenvalue weighted by atomic mass is 10.0. The average Bonchev–Trinajstić information content (AvgIpc) is 2.40. The molecule has 2 rings (SSSR count). The lowest BCUT2D eigenvalue weighted by molar-refractivity contribution is 0.187. The number of nitrogens with zero attached hydrogens (tertiary/aromatic N) is 2. The molecule has 0 N–H and O–H groups in total. The van der Waals surface area contributed by atoms with Crippen LogP contribution in [0.15, 0.2) is 11.4 Å². The third-order valence-corrected chi connectivity index (χ3v) is 3.67. The van der Waals surface area contributed by atoms with Gasteiger partial charge in [0.15, 0.2) is 0 Å². The third kappa shape index (κ3) is 2.14. The van der Waals surface area contributed by atoms with Gasteiger partial charge in [0.05, 0.1) is 0 Å². The molecule has 0 saturated heterocycles. The molecule has 0 amide bonds. The van der Waals surface area contributed by atoms with Gasteiger partial charge in [0.1, 0.15) is 5.82 Å². The summed E-state index contributed by atoms with van der Waals surface area (Å²) in [7, 11) is 2.26. The molecule has 0 aromatic rings. The third-order valence-electron chi connectivity index (χ3n) is 3.67. The van der Waals surface area contributed by atoms with Gasteiger partial charge in [-0.15, -0.1) is 0 Å². The highest BCUT2D eigenvalue weighted by Gasteiger charge is 2.25. The lowest BCUT2D eigenvalue weighted by Crippen LogP contribution is -2.40. The van der Waals surface area contributed by atoms with E-state index in [1.54, 1.807) is 11.4 Å². The molecule has 15 heavy (non-hydrogen) atoms. The van der Waals surface area contributed by atoms with Gasteiger partial charge in [0, 0.05) is 26.2 Å². The standard InChI is InChI=1S/C13H24N2/c1-11(2)15-10-5-4-7-12-8-6-9-14(3)13(12)15/h11H,4-10H2,1-3H3. The summed E-state index contributed by atoms with van der Waals surface area (Å²) in [6.07, 6.45) is 6.77. The Morgan fingerprint density at radius 3 is 2.47 bits per heavy atom. The first-order chi connectivity index (χ1) is 7.20. The van der Waals surface area contributed by atoms with Crippen molar-refractivity contribution >= 4 is 0 Å². The van der Waals surface area contributed by atoms with E-state index < -0.39 is 0 Å². The largest absolute Gasteiger partial charge is 0.361 e. The summed E-state index contributed by atoms with van der Waals surface area (Å²) in [6, 6.07) is 0.647. The molecule has 0 atom stereocenters. The molecule has 2 nitrogen and oxygen atoms in total. The molecule has 0 aromatic carbocycles. The fourth-order valence-electron chi connectivity index (χ4n) is 2.91. The maximum atomic E-state index is 2.61. The fraction of sp³-hybridized carbons (Fsp3) is 0.846. The first-order valence-corrected chi connectivity index (χ1v) is 6.40. The molecule has 2 aliphatic rings. The first kappa shape index (κ1) is 10.8. The van der Waals surface area contributed by atoms with Gasteiger partial charge in [0.2, 0.25) is 0 Å². The SMILES string of the molecule is CC(C)N1CCCCC2=C1N(C)CCC2. The van der Waals surface area contributed by atoms with Gasteiger partial charge in [-0.05, 0) is 51.5 Å². The molecule has 2 heterocycles. The number of allylic oxidation sites excluding steroid dienone is 1. The molecule has 86 valence electrons. The maximum absolute atomic E-state index is 2.61. The average molecular weight is 208 g/mol. The Kier molecular flexibility index (Phi) is 3.22. The van der Waals surface area contributed by atoms with Gasteiger partial charge < -0.3 is 9.80 Å². The quantitative estimate of drug-likeness (QED) is 0.654. The summed E-state index contributed by atoms with van der Waals surface area (Å²) < 4.78 is 0. The van der Waals surface area contributed by atoms with Crippen molar-refractivity contribution in [3.05, 3.63) is 11.4 Å². The van der Waals surface area contributed by atoms with Crippen molar-refractivity contribution in [3.63, 3.8) is 0 Å². The van der Waals surface area contributed by atoms with Crippen LogP contribution in [0, 0.1) is 0 Å². The van der Waals surface area contributed by atoms with Crippen molar-refractivity contribution in [1.82, 2.24) is 9.80 Å². The van der Waals surface area contributed by atoms with E-state index in [2.05, 4.69) is 30.7 Å². The zero-order chi connectivity index (χ0) is 10.8. The van der Waals surface area contributed by atoms with E-state index in [0.717, 1.165) is 0 Å². The van der Waals surface area contributed by atoms with Gasteiger partial charge in [0.25, 0.3) is 0 Å². The second-order valence-electron chi connectivity index (χ2n) is 5.20. The van der Waals surface area contributed by atoms with Gasteiger partial charge in [-0.3, -0.25) is 0 Å². The minimum atomic E-state index is 0.647. The zero-order valence-corrected chi connectivity index (χ0v) is 10.4. The Morgan fingerprint density at radius 2 is 1.73 bits per heavy atom. The molecule has 0 bridgehead atoms. The second-order valence-corrected chi connectivity index (χ2v) is 5.20. The van der Waals surface area contributed by atoms with Crippen LogP contribution in [0.4, 0.5) is 0 Å². The molecule has 2 heteroatoms. The van der Waals surface area contributed by atoms with E-state index in [-0.39, 0.29) is 0 Å². The van der Waals surface area contributed by atoms with E-state index in [1.165, 1.54) is 45.2 Å². The second kappa shape index (κ2) is 4.46. The molecule has 0 fully saturated rings. The molecule has 0 aliphatic carbocycles. The Bertz CT molecular complexity index is 255. The van der Waals surface area contributed by atoms with Crippen LogP contribution in [0.2, 0.25) is 0 Å². The van der Waals surface area contributed by atoms with Crippen LogP contribution in [0.5, 0.6) is 0 Å². The number of rotatable bonds is 1. The van der Waals surface area contributed by atoms with Crippen molar-refractivity contribution in [3.8, 4) is 0 Å². The van der Waals surface area contributed by atoms with Crippen LogP contribution in [0.1, 0.15) is 46.0 Å². The number of hydrogen-bond donors (Lipinski definition) is 0. The molecule has 2 aliphatic heterocycles. The van der Waals surface area contributed by atoms with E-state index in [1.807, 2.05) is 0 Å². The van der Waals surface area contributed by atoms with E-state index in [0.29, 0.717) is 6.04 Å². The Hall–Kier alpha value is -0.660. The summed E-state index contributed by atoms with van der Waals surface area (Å²) >= 11 is 0. The molecule has 0 aromatic heterocycles. The smallest absolute Gasteiger partial charge is 0.103 e. The van der Waals surface area contributed by atoms with Crippen molar-refractivity contribution in [2.24, 2.45) is 0 Å². The topological polar surface area (TPSA) is 6.48 Å². The van der Waals surface area contributed by atoms with Crippen molar-refractivity contribution in [2.45, 2.75) is 52.0 Å². The molecule has 0 unspecified atom stereocenters. The lowest BCUT2D eigenvalue weighted by Gasteiger charge is -2.39. The number of hydrogen-bond acceptors (Lipinski definition) is 2. The summed E-state index contributed by atoms with van der Waals surface area (Å²) in [4.78, 5) is 5.09. The van der Waals surface area contributed by atoms with Gasteiger partial charge in [-0.25, -0.2) is 0 Å². The van der Waals surface area contributed by atoms with Crippen LogP contribution in [-0.4, -0.2) is 36.0 Å². The van der Waals surface area contributed by atoms with Crippen LogP contribution < -0.4 is 0 Å². The highest BCUT2D eigenvalue weighted by atomic mass is 15.3. The van der Waals surface area contributed by atoms with E-state index in [9.17, 15) is 0 Å². The molecular weight excluding hydrogens is 184 g/mol. The minimum Gasteiger partial charge on any atom is -0.361 e. The first-order valence-electron chi connectivity index (χ1n) is 6.40. The van der Waals surface area contributed by atoms with Gasteiger partial charge in [-0.2, -0.15) is 0 Å². The zero-order valence-electron chi connectivity index (χ0n) is 10.4. The summed E-state index contributed by atoms with van der Waals surface area (Å²) in [5, 5.41) is 0. The Balaban J connectivity index is 2.29. The van der Waals surface area contributed by atoms with Crippen LogP contribution in [0.25, 0.3) is 0 Å². The van der Waals surface area contributed by atoms with E-state index >= 15 is 0 Å². The molecule has 0 saturated carbocycles.